The number of benzene rings is 1. The number of hydrogen-bond donors (Lipinski definition) is 0. The fourth-order valence-electron chi connectivity index (χ4n) is 2.10. The fraction of sp³-hybridized carbons (Fsp3) is 0.462. The smallest absolute Gasteiger partial charge is 0.204 e. The molecular weight excluding hydrogens is 248 g/mol. The van der Waals surface area contributed by atoms with E-state index in [1.165, 1.54) is 9.65 Å². The van der Waals surface area contributed by atoms with Crippen molar-refractivity contribution in [3.8, 4) is 0 Å². The van der Waals surface area contributed by atoms with E-state index in [1.54, 1.807) is 6.20 Å². The predicted octanol–water partition coefficient (Wildman–Crippen LogP) is 2.50. The molecule has 0 atom stereocenters. The molecule has 1 fully saturated rings. The highest BCUT2D eigenvalue weighted by Crippen LogP contribution is 2.31. The lowest BCUT2D eigenvalue weighted by molar-refractivity contribution is 0.581. The van der Waals surface area contributed by atoms with Crippen LogP contribution in [0.15, 0.2) is 24.4 Å². The van der Waals surface area contributed by atoms with E-state index >= 15 is 0 Å². The Morgan fingerprint density at radius 3 is 2.67 bits per heavy atom. The number of fused-ring (bicyclic) bond motifs is 1. The maximum Gasteiger partial charge on any atom is 0.257 e. The molecule has 0 spiro atoms. The van der Waals surface area contributed by atoms with Gasteiger partial charge in [-0.3, -0.25) is 0 Å². The molecule has 0 bridgehead atoms. The molecule has 2 aromatic rings. The third-order valence-electron chi connectivity index (χ3n) is 3.41. The van der Waals surface area contributed by atoms with Crippen LogP contribution in [-0.2, 0) is 10.0 Å². The van der Waals surface area contributed by atoms with Crippen molar-refractivity contribution in [2.45, 2.75) is 37.9 Å². The summed E-state index contributed by atoms with van der Waals surface area (Å²) < 4.78 is 25.6. The van der Waals surface area contributed by atoms with Crippen molar-refractivity contribution in [1.82, 2.24) is 9.19 Å². The quantitative estimate of drug-likeness (QED) is 0.856. The molecule has 1 aromatic heterocycles. The van der Waals surface area contributed by atoms with E-state index in [0.717, 1.165) is 18.2 Å². The second kappa shape index (κ2) is 3.82. The van der Waals surface area contributed by atoms with Crippen LogP contribution in [0.1, 0.15) is 38.2 Å². The van der Waals surface area contributed by atoms with Crippen LogP contribution in [0, 0.1) is 0 Å². The first kappa shape index (κ1) is 11.7. The first-order valence-electron chi connectivity index (χ1n) is 6.22. The van der Waals surface area contributed by atoms with Crippen molar-refractivity contribution in [1.29, 1.82) is 0 Å². The zero-order valence-corrected chi connectivity index (χ0v) is 11.3. The molecule has 1 saturated carbocycles. The minimum absolute atomic E-state index is 0.231. The maximum atomic E-state index is 12.2. The van der Waals surface area contributed by atoms with Gasteiger partial charge in [0.1, 0.15) is 0 Å². The second-order valence-corrected chi connectivity index (χ2v) is 7.25. The van der Waals surface area contributed by atoms with Gasteiger partial charge in [0.25, 0.3) is 10.0 Å². The van der Waals surface area contributed by atoms with E-state index < -0.39 is 10.0 Å². The molecule has 1 aliphatic carbocycles. The molecule has 18 heavy (non-hydrogen) atoms. The zero-order chi connectivity index (χ0) is 12.9. The van der Waals surface area contributed by atoms with E-state index in [9.17, 15) is 8.42 Å². The van der Waals surface area contributed by atoms with E-state index in [2.05, 4.69) is 18.9 Å². The lowest BCUT2D eigenvalue weighted by Gasteiger charge is -2.06. The molecule has 5 heteroatoms. The van der Waals surface area contributed by atoms with Crippen molar-refractivity contribution >= 4 is 20.9 Å². The molecule has 1 heterocycles. The Labute approximate surface area is 107 Å². The van der Waals surface area contributed by atoms with Crippen LogP contribution >= 0.6 is 0 Å². The normalized spacial score (nSPS) is 16.6. The molecule has 3 rings (SSSR count). The lowest BCUT2D eigenvalue weighted by Crippen LogP contribution is -2.18. The number of rotatable bonds is 3. The number of aromatic nitrogens is 2. The van der Waals surface area contributed by atoms with Crippen LogP contribution < -0.4 is 0 Å². The van der Waals surface area contributed by atoms with Gasteiger partial charge in [-0.15, -0.1) is 0 Å². The zero-order valence-electron chi connectivity index (χ0n) is 10.5. The summed E-state index contributed by atoms with van der Waals surface area (Å²) in [6.45, 7) is 4.24. The van der Waals surface area contributed by atoms with E-state index in [0.29, 0.717) is 11.4 Å². The van der Waals surface area contributed by atoms with Crippen molar-refractivity contribution in [2.75, 3.05) is 0 Å². The largest absolute Gasteiger partial charge is 0.257 e. The average molecular weight is 264 g/mol. The Bertz CT molecular complexity index is 697. The van der Waals surface area contributed by atoms with Crippen LogP contribution in [0.25, 0.3) is 10.9 Å². The van der Waals surface area contributed by atoms with Gasteiger partial charge >= 0.3 is 0 Å². The highest BCUT2D eigenvalue weighted by molar-refractivity contribution is 7.90. The van der Waals surface area contributed by atoms with Crippen LogP contribution in [0.5, 0.6) is 0 Å². The molecule has 0 N–H and O–H groups in total. The molecule has 1 aromatic carbocycles. The fourth-order valence-corrected chi connectivity index (χ4v) is 3.73. The second-order valence-electron chi connectivity index (χ2n) is 5.20. The van der Waals surface area contributed by atoms with Gasteiger partial charge in [0.2, 0.25) is 0 Å². The summed E-state index contributed by atoms with van der Waals surface area (Å²) >= 11 is 0. The summed E-state index contributed by atoms with van der Waals surface area (Å²) in [5.41, 5.74) is 1.89. The summed E-state index contributed by atoms with van der Waals surface area (Å²) in [5, 5.41) is 4.72. The lowest BCUT2D eigenvalue weighted by atomic mass is 10.0. The van der Waals surface area contributed by atoms with Crippen molar-refractivity contribution < 1.29 is 8.42 Å². The molecule has 0 amide bonds. The summed E-state index contributed by atoms with van der Waals surface area (Å²) in [7, 11) is -3.28. The Morgan fingerprint density at radius 1 is 1.33 bits per heavy atom. The molecule has 0 saturated heterocycles. The van der Waals surface area contributed by atoms with Gasteiger partial charge in [-0.25, -0.2) is 8.42 Å². The van der Waals surface area contributed by atoms with Gasteiger partial charge in [-0.05, 0) is 36.5 Å². The van der Waals surface area contributed by atoms with Crippen molar-refractivity contribution in [3.63, 3.8) is 0 Å². The van der Waals surface area contributed by atoms with Crippen molar-refractivity contribution in [3.05, 3.63) is 30.0 Å². The molecule has 0 radical (unpaired) electrons. The Morgan fingerprint density at radius 2 is 2.06 bits per heavy atom. The first-order valence-corrected chi connectivity index (χ1v) is 7.72. The maximum absolute atomic E-state index is 12.2. The standard InChI is InChI=1S/C13H16N2O2S/c1-9(2)10-3-6-13-11(7-10)8-14-15(13)18(16,17)12-4-5-12/h3,6-9,12H,4-5H2,1-2H3. The van der Waals surface area contributed by atoms with Gasteiger partial charge < -0.3 is 0 Å². The van der Waals surface area contributed by atoms with Crippen LogP contribution in [0.4, 0.5) is 0 Å². The number of hydrogen-bond acceptors (Lipinski definition) is 3. The predicted molar refractivity (Wildman–Crippen MR) is 71.2 cm³/mol. The monoisotopic (exact) mass is 264 g/mol. The first-order chi connectivity index (χ1) is 8.50. The Kier molecular flexibility index (Phi) is 2.48. The number of nitrogens with zero attached hydrogens (tertiary/aromatic N) is 2. The molecule has 0 unspecified atom stereocenters. The average Bonchev–Trinajstić information content (AvgIpc) is 3.08. The van der Waals surface area contributed by atoms with E-state index in [-0.39, 0.29) is 5.25 Å². The van der Waals surface area contributed by atoms with Gasteiger partial charge in [-0.1, -0.05) is 19.9 Å². The SMILES string of the molecule is CC(C)c1ccc2c(cnn2S(=O)(=O)C2CC2)c1. The van der Waals surface area contributed by atoms with Crippen molar-refractivity contribution in [2.24, 2.45) is 0 Å². The van der Waals surface area contributed by atoms with Gasteiger partial charge in [-0.2, -0.15) is 9.19 Å². The third kappa shape index (κ3) is 1.73. The third-order valence-corrected chi connectivity index (χ3v) is 5.50. The van der Waals surface area contributed by atoms with Gasteiger partial charge in [0, 0.05) is 5.39 Å². The summed E-state index contributed by atoms with van der Waals surface area (Å²) in [6.07, 6.45) is 3.16. The molecule has 1 aliphatic rings. The summed E-state index contributed by atoms with van der Waals surface area (Å²) in [6, 6.07) is 5.86. The minimum atomic E-state index is -3.28. The molecule has 4 nitrogen and oxygen atoms in total. The van der Waals surface area contributed by atoms with Gasteiger partial charge in [0.05, 0.1) is 17.0 Å². The Hall–Kier alpha value is -1.36. The summed E-state index contributed by atoms with van der Waals surface area (Å²) in [5.74, 6) is 0.429. The van der Waals surface area contributed by atoms with Crippen LogP contribution in [0.2, 0.25) is 0 Å². The molecular formula is C13H16N2O2S. The summed E-state index contributed by atoms with van der Waals surface area (Å²) in [4.78, 5) is 0. The van der Waals surface area contributed by atoms with E-state index in [1.807, 2.05) is 18.2 Å². The van der Waals surface area contributed by atoms with Crippen LogP contribution in [-0.4, -0.2) is 22.9 Å². The van der Waals surface area contributed by atoms with E-state index in [4.69, 9.17) is 0 Å². The highest BCUT2D eigenvalue weighted by atomic mass is 32.2. The Balaban J connectivity index is 2.16. The molecule has 96 valence electrons. The van der Waals surface area contributed by atoms with Gasteiger partial charge in [0.15, 0.2) is 0 Å². The minimum Gasteiger partial charge on any atom is -0.204 e. The topological polar surface area (TPSA) is 52.0 Å². The van der Waals surface area contributed by atoms with Crippen LogP contribution in [0.3, 0.4) is 0 Å². The molecule has 0 aliphatic heterocycles. The highest BCUT2D eigenvalue weighted by Gasteiger charge is 2.38.